The Labute approximate surface area is 231 Å². The van der Waals surface area contributed by atoms with E-state index in [2.05, 4.69) is 29.4 Å². The molecule has 1 heterocycles. The number of carbonyl (C=O) groups is 1. The van der Waals surface area contributed by atoms with Crippen LogP contribution >= 0.6 is 11.3 Å². The monoisotopic (exact) mass is 553 g/mol. The van der Waals surface area contributed by atoms with E-state index in [1.165, 1.54) is 36.1 Å². The van der Waals surface area contributed by atoms with E-state index < -0.39 is 35.9 Å². The second-order valence-electron chi connectivity index (χ2n) is 9.43. The highest BCUT2D eigenvalue weighted by atomic mass is 32.1. The molecule has 3 aromatic carbocycles. The summed E-state index contributed by atoms with van der Waals surface area (Å²) < 4.78 is 39.9. The number of fused-ring (bicyclic) bond motifs is 1. The molecule has 0 fully saturated rings. The van der Waals surface area contributed by atoms with Gasteiger partial charge in [-0.1, -0.05) is 43.3 Å². The average Bonchev–Trinajstić information content (AvgIpc) is 3.35. The van der Waals surface area contributed by atoms with Gasteiger partial charge >= 0.3 is 5.97 Å². The molecule has 0 saturated heterocycles. The van der Waals surface area contributed by atoms with Crippen molar-refractivity contribution < 1.29 is 23.0 Å². The zero-order valence-corrected chi connectivity index (χ0v) is 22.8. The van der Waals surface area contributed by atoms with E-state index in [0.717, 1.165) is 28.3 Å². The van der Waals surface area contributed by atoms with Gasteiger partial charge in [-0.25, -0.2) is 13.8 Å². The fraction of sp³-hybridized carbons (Fsp3) is 0.333. The first-order valence-electron chi connectivity index (χ1n) is 12.9. The molecule has 4 aromatic rings. The molecule has 39 heavy (non-hydrogen) atoms. The van der Waals surface area contributed by atoms with Crippen LogP contribution in [0.5, 0.6) is 0 Å². The molecule has 0 amide bonds. The maximum atomic E-state index is 13.8. The molecule has 0 bridgehead atoms. The fourth-order valence-electron chi connectivity index (χ4n) is 4.40. The Kier molecular flexibility index (Phi) is 10.1. The predicted octanol–water partition coefficient (Wildman–Crippen LogP) is 5.49. The molecule has 3 atom stereocenters. The van der Waals surface area contributed by atoms with E-state index in [0.29, 0.717) is 17.1 Å². The number of carbonyl (C=O) groups excluding carboxylic acids is 1. The first-order chi connectivity index (χ1) is 18.8. The third-order valence-electron chi connectivity index (χ3n) is 6.45. The number of ether oxygens (including phenoxy) is 2. The molecule has 0 aliphatic heterocycles. The first kappa shape index (κ1) is 28.8. The lowest BCUT2D eigenvalue weighted by Crippen LogP contribution is -2.46. The van der Waals surface area contributed by atoms with Gasteiger partial charge in [0.2, 0.25) is 0 Å². The molecule has 9 heteroatoms. The van der Waals surface area contributed by atoms with Crippen LogP contribution in [-0.2, 0) is 33.7 Å². The third-order valence-corrected chi connectivity index (χ3v) is 7.58. The summed E-state index contributed by atoms with van der Waals surface area (Å²) in [5.74, 6) is -1.86. The molecule has 3 N–H and O–H groups in total. The van der Waals surface area contributed by atoms with Crippen LogP contribution < -0.4 is 11.1 Å². The van der Waals surface area contributed by atoms with E-state index in [1.54, 1.807) is 0 Å². The molecule has 0 aliphatic carbocycles. The number of halogens is 2. The number of aryl methyl sites for hydroxylation is 1. The van der Waals surface area contributed by atoms with E-state index in [9.17, 15) is 13.6 Å². The van der Waals surface area contributed by atoms with Crippen LogP contribution in [0.3, 0.4) is 0 Å². The van der Waals surface area contributed by atoms with Crippen molar-refractivity contribution >= 4 is 27.5 Å². The number of nitrogens with two attached hydrogens (primary N) is 1. The van der Waals surface area contributed by atoms with E-state index in [4.69, 9.17) is 15.2 Å². The van der Waals surface area contributed by atoms with Crippen molar-refractivity contribution in [3.8, 4) is 0 Å². The van der Waals surface area contributed by atoms with Gasteiger partial charge in [-0.15, -0.1) is 11.3 Å². The van der Waals surface area contributed by atoms with Crippen molar-refractivity contribution in [1.82, 2.24) is 10.3 Å². The second kappa shape index (κ2) is 13.7. The lowest BCUT2D eigenvalue weighted by Gasteiger charge is -2.25. The van der Waals surface area contributed by atoms with Crippen molar-refractivity contribution in [2.45, 2.75) is 51.0 Å². The summed E-state index contributed by atoms with van der Waals surface area (Å²) in [5, 5.41) is 4.00. The van der Waals surface area contributed by atoms with E-state index in [-0.39, 0.29) is 19.4 Å². The number of nitrogens with one attached hydrogen (secondary N) is 1. The molecule has 0 saturated carbocycles. The summed E-state index contributed by atoms with van der Waals surface area (Å²) >= 11 is 1.46. The van der Waals surface area contributed by atoms with E-state index in [1.807, 2.05) is 36.4 Å². The van der Waals surface area contributed by atoms with Crippen LogP contribution in [0.4, 0.5) is 8.78 Å². The normalized spacial score (nSPS) is 13.8. The first-order valence-corrected chi connectivity index (χ1v) is 13.7. The average molecular weight is 554 g/mol. The van der Waals surface area contributed by atoms with Gasteiger partial charge in [0.1, 0.15) is 28.8 Å². The number of hydrogen-bond acceptors (Lipinski definition) is 7. The number of methoxy groups -OCH3 is 1. The fourth-order valence-corrected chi connectivity index (χ4v) is 5.44. The summed E-state index contributed by atoms with van der Waals surface area (Å²) in [5.41, 5.74) is 9.99. The number of nitrogens with zero attached hydrogens (tertiary/aromatic N) is 1. The Balaban J connectivity index is 1.44. The Hall–Kier alpha value is -3.24. The minimum absolute atomic E-state index is 0.0489. The molecule has 206 valence electrons. The molecular formula is C30H33F2N3O3S. The molecule has 0 aliphatic rings. The molecule has 6 nitrogen and oxygen atoms in total. The van der Waals surface area contributed by atoms with Crippen LogP contribution in [0.2, 0.25) is 0 Å². The van der Waals surface area contributed by atoms with Gasteiger partial charge in [-0.05, 0) is 53.8 Å². The number of rotatable bonds is 13. The smallest absolute Gasteiger partial charge is 0.309 e. The summed E-state index contributed by atoms with van der Waals surface area (Å²) in [6.45, 7) is 2.91. The number of para-hydroxylation sites is 1. The highest BCUT2D eigenvalue weighted by molar-refractivity contribution is 7.18. The van der Waals surface area contributed by atoms with Crippen LogP contribution in [0, 0.1) is 11.6 Å². The summed E-state index contributed by atoms with van der Waals surface area (Å²) in [6.07, 6.45) is -0.309. The van der Waals surface area contributed by atoms with Gasteiger partial charge in [0.25, 0.3) is 0 Å². The van der Waals surface area contributed by atoms with Gasteiger partial charge in [0.05, 0.1) is 16.6 Å². The third kappa shape index (κ3) is 8.12. The van der Waals surface area contributed by atoms with Gasteiger partial charge in [-0.2, -0.15) is 0 Å². The number of esters is 1. The number of benzene rings is 3. The Bertz CT molecular complexity index is 1340. The van der Waals surface area contributed by atoms with Gasteiger partial charge in [0.15, 0.2) is 0 Å². The van der Waals surface area contributed by atoms with Gasteiger partial charge < -0.3 is 20.5 Å². The van der Waals surface area contributed by atoms with Gasteiger partial charge in [0, 0.05) is 32.3 Å². The standard InChI is InChI=1S/C30H33F2N3O3S/c1-3-19-7-6-8-20(11-19)17-34-18-27(24(33)14-21-12-22(31)15-23(32)13-21)38-29(36)16-26(37-2)30-35-25-9-4-5-10-28(25)39-30/h4-13,15,24,26-27,34H,3,14,16-18,33H2,1-2H3. The van der Waals surface area contributed by atoms with Crippen LogP contribution in [-0.4, -0.2) is 36.8 Å². The topological polar surface area (TPSA) is 86.5 Å². The van der Waals surface area contributed by atoms with Crippen LogP contribution in [0.1, 0.15) is 41.1 Å². The minimum Gasteiger partial charge on any atom is -0.459 e. The summed E-state index contributed by atoms with van der Waals surface area (Å²) in [4.78, 5) is 17.7. The second-order valence-corrected chi connectivity index (χ2v) is 10.5. The lowest BCUT2D eigenvalue weighted by molar-refractivity contribution is -0.152. The number of thiazole rings is 1. The van der Waals surface area contributed by atoms with E-state index >= 15 is 0 Å². The maximum Gasteiger partial charge on any atom is 0.309 e. The Morgan fingerprint density at radius 3 is 2.49 bits per heavy atom. The van der Waals surface area contributed by atoms with Gasteiger partial charge in [-0.3, -0.25) is 4.79 Å². The van der Waals surface area contributed by atoms with Crippen molar-refractivity contribution in [2.75, 3.05) is 13.7 Å². The molecule has 4 rings (SSSR count). The minimum atomic E-state index is -0.744. The summed E-state index contributed by atoms with van der Waals surface area (Å²) in [7, 11) is 1.53. The SMILES string of the molecule is CCc1cccc(CNCC(OC(=O)CC(OC)c2nc3ccccc3s2)C(N)Cc2cc(F)cc(F)c2)c1. The zero-order valence-electron chi connectivity index (χ0n) is 22.0. The Morgan fingerprint density at radius 1 is 1.03 bits per heavy atom. The number of hydrogen-bond donors (Lipinski definition) is 2. The molecule has 1 aromatic heterocycles. The van der Waals surface area contributed by atoms with Crippen molar-refractivity contribution in [2.24, 2.45) is 5.73 Å². The highest BCUT2D eigenvalue weighted by Gasteiger charge is 2.26. The largest absolute Gasteiger partial charge is 0.459 e. The highest BCUT2D eigenvalue weighted by Crippen LogP contribution is 2.30. The van der Waals surface area contributed by atoms with Crippen LogP contribution in [0.25, 0.3) is 10.2 Å². The molecule has 0 radical (unpaired) electrons. The Morgan fingerprint density at radius 2 is 1.77 bits per heavy atom. The maximum absolute atomic E-state index is 13.8. The number of aromatic nitrogens is 1. The molecule has 0 spiro atoms. The summed E-state index contributed by atoms with van der Waals surface area (Å²) in [6, 6.07) is 18.5. The molecular weight excluding hydrogens is 520 g/mol. The quantitative estimate of drug-likeness (QED) is 0.213. The molecule has 3 unspecified atom stereocenters. The zero-order chi connectivity index (χ0) is 27.8. The van der Waals surface area contributed by atoms with Crippen LogP contribution in [0.15, 0.2) is 66.7 Å². The lowest BCUT2D eigenvalue weighted by atomic mass is 10.0. The van der Waals surface area contributed by atoms with Crippen molar-refractivity contribution in [3.05, 3.63) is 100 Å². The predicted molar refractivity (Wildman–Crippen MR) is 149 cm³/mol. The van der Waals surface area contributed by atoms with Crippen molar-refractivity contribution in [3.63, 3.8) is 0 Å². The van der Waals surface area contributed by atoms with Crippen molar-refractivity contribution in [1.29, 1.82) is 0 Å².